The summed E-state index contributed by atoms with van der Waals surface area (Å²) < 4.78 is 4.58. The van der Waals surface area contributed by atoms with E-state index in [9.17, 15) is 19.5 Å². The summed E-state index contributed by atoms with van der Waals surface area (Å²) in [6, 6.07) is 1.30. The largest absolute Gasteiger partial charge is 0.481 e. The van der Waals surface area contributed by atoms with Gasteiger partial charge in [-0.2, -0.15) is 0 Å². The van der Waals surface area contributed by atoms with E-state index < -0.39 is 36.4 Å². The lowest BCUT2D eigenvalue weighted by molar-refractivity contribution is -0.169. The van der Waals surface area contributed by atoms with Crippen LogP contribution in [0.3, 0.4) is 0 Å². The van der Waals surface area contributed by atoms with Gasteiger partial charge in [-0.1, -0.05) is 0 Å². The summed E-state index contributed by atoms with van der Waals surface area (Å²) in [5, 5.41) is 32.6. The molecule has 0 aliphatic carbocycles. The maximum Gasteiger partial charge on any atom is 0.336 e. The molecule has 1 rings (SSSR count). The predicted molar refractivity (Wildman–Crippen MR) is 53.7 cm³/mol. The number of nitrogens with one attached hydrogen (secondary N) is 1. The van der Waals surface area contributed by atoms with E-state index in [-0.39, 0.29) is 5.88 Å². The Morgan fingerprint density at radius 3 is 2.44 bits per heavy atom. The molecule has 1 heterocycles. The summed E-state index contributed by atoms with van der Waals surface area (Å²) >= 11 is 0. The van der Waals surface area contributed by atoms with Crippen LogP contribution >= 0.6 is 0 Å². The zero-order valence-electron chi connectivity index (χ0n) is 8.99. The molecule has 1 unspecified atom stereocenters. The number of carboxylic acids is 2. The first kappa shape index (κ1) is 13.6. The van der Waals surface area contributed by atoms with E-state index in [1.807, 2.05) is 0 Å². The third-order valence-electron chi connectivity index (χ3n) is 1.97. The monoisotopic (exact) mass is 258 g/mol. The van der Waals surface area contributed by atoms with Crippen molar-refractivity contribution in [2.24, 2.45) is 0 Å². The molecule has 0 aromatic carbocycles. The zero-order chi connectivity index (χ0) is 13.8. The Morgan fingerprint density at radius 1 is 1.33 bits per heavy atom. The number of nitrogens with zero attached hydrogens (tertiary/aromatic N) is 1. The molecule has 0 fully saturated rings. The fraction of sp³-hybridized carbons (Fsp3) is 0.333. The van der Waals surface area contributed by atoms with Gasteiger partial charge in [-0.15, -0.1) is 5.10 Å². The standard InChI is InChI=1S/C9H10N2O7/c12-6(13)3-9(17,8(15)16)4-7(14)18-5-1-2-10-11-5/h1-2,17H,3-4H2,(H,10,11)(H,12,13)(H,15,16). The Hall–Kier alpha value is -2.42. The number of ether oxygens (including phenoxy) is 1. The molecule has 1 atom stereocenters. The molecular weight excluding hydrogens is 248 g/mol. The molecule has 0 aliphatic heterocycles. The lowest BCUT2D eigenvalue weighted by atomic mass is 9.96. The predicted octanol–water partition coefficient (Wildman–Crippen LogP) is -1.00. The molecule has 4 N–H and O–H groups in total. The van der Waals surface area contributed by atoms with Crippen LogP contribution in [0.2, 0.25) is 0 Å². The first-order valence-corrected chi connectivity index (χ1v) is 4.71. The van der Waals surface area contributed by atoms with Crippen molar-refractivity contribution in [3.05, 3.63) is 12.3 Å². The molecule has 0 amide bonds. The number of H-pyrrole nitrogens is 1. The Kier molecular flexibility index (Phi) is 4.00. The van der Waals surface area contributed by atoms with E-state index in [1.54, 1.807) is 0 Å². The third-order valence-corrected chi connectivity index (χ3v) is 1.97. The second-order valence-electron chi connectivity index (χ2n) is 3.47. The van der Waals surface area contributed by atoms with Crippen LogP contribution in [0, 0.1) is 0 Å². The minimum atomic E-state index is -2.71. The van der Waals surface area contributed by atoms with Gasteiger partial charge in [0.25, 0.3) is 0 Å². The lowest BCUT2D eigenvalue weighted by Gasteiger charge is -2.19. The van der Waals surface area contributed by atoms with Crippen LogP contribution in [0.1, 0.15) is 12.8 Å². The maximum absolute atomic E-state index is 11.3. The zero-order valence-corrected chi connectivity index (χ0v) is 8.99. The van der Waals surface area contributed by atoms with Gasteiger partial charge in [0.05, 0.1) is 12.8 Å². The number of esters is 1. The maximum atomic E-state index is 11.3. The second kappa shape index (κ2) is 5.27. The molecule has 0 spiro atoms. The van der Waals surface area contributed by atoms with E-state index >= 15 is 0 Å². The number of aliphatic hydroxyl groups is 1. The fourth-order valence-corrected chi connectivity index (χ4v) is 1.16. The first-order chi connectivity index (χ1) is 8.33. The smallest absolute Gasteiger partial charge is 0.336 e. The van der Waals surface area contributed by atoms with Gasteiger partial charge in [-0.25, -0.2) is 4.79 Å². The van der Waals surface area contributed by atoms with Crippen molar-refractivity contribution in [2.45, 2.75) is 18.4 Å². The molecule has 9 nitrogen and oxygen atoms in total. The van der Waals surface area contributed by atoms with Gasteiger partial charge >= 0.3 is 17.9 Å². The SMILES string of the molecule is O=C(O)CC(O)(CC(=O)Oc1cc[nH]n1)C(=O)O. The van der Waals surface area contributed by atoms with Gasteiger partial charge in [0, 0.05) is 12.3 Å². The third kappa shape index (κ3) is 3.56. The normalized spacial score (nSPS) is 13.6. The first-order valence-electron chi connectivity index (χ1n) is 4.71. The number of hydrogen-bond donors (Lipinski definition) is 4. The summed E-state index contributed by atoms with van der Waals surface area (Å²) in [5.74, 6) is -4.58. The number of aliphatic carboxylic acids is 2. The van der Waals surface area contributed by atoms with Crippen molar-refractivity contribution in [1.29, 1.82) is 0 Å². The van der Waals surface area contributed by atoms with Crippen LogP contribution in [-0.2, 0) is 14.4 Å². The van der Waals surface area contributed by atoms with Gasteiger partial charge in [0.15, 0.2) is 5.60 Å². The molecule has 98 valence electrons. The van der Waals surface area contributed by atoms with Crippen LogP contribution in [-0.4, -0.2) is 49.0 Å². The number of hydrogen-bond acceptors (Lipinski definition) is 6. The molecule has 0 aliphatic rings. The molecule has 1 aromatic rings. The van der Waals surface area contributed by atoms with Gasteiger partial charge in [0.1, 0.15) is 0 Å². The van der Waals surface area contributed by atoms with Gasteiger partial charge in [-0.05, 0) is 0 Å². The minimum absolute atomic E-state index is 0.108. The quantitative estimate of drug-likeness (QED) is 0.474. The highest BCUT2D eigenvalue weighted by Gasteiger charge is 2.41. The van der Waals surface area contributed by atoms with Crippen molar-refractivity contribution in [2.75, 3.05) is 0 Å². The second-order valence-corrected chi connectivity index (χ2v) is 3.47. The summed E-state index contributed by atoms with van der Waals surface area (Å²) in [4.78, 5) is 32.5. The molecule has 0 bridgehead atoms. The van der Waals surface area contributed by atoms with Crippen molar-refractivity contribution in [3.63, 3.8) is 0 Å². The van der Waals surface area contributed by atoms with Crippen LogP contribution in [0.4, 0.5) is 0 Å². The van der Waals surface area contributed by atoms with E-state index in [0.29, 0.717) is 0 Å². The van der Waals surface area contributed by atoms with Crippen molar-refractivity contribution in [3.8, 4) is 5.88 Å². The van der Waals surface area contributed by atoms with Gasteiger partial charge < -0.3 is 20.1 Å². The number of aromatic nitrogens is 2. The highest BCUT2D eigenvalue weighted by Crippen LogP contribution is 2.17. The molecule has 9 heteroatoms. The fourth-order valence-electron chi connectivity index (χ4n) is 1.16. The van der Waals surface area contributed by atoms with Crippen LogP contribution < -0.4 is 4.74 Å². The summed E-state index contributed by atoms with van der Waals surface area (Å²) in [6.45, 7) is 0. The topological polar surface area (TPSA) is 150 Å². The number of carboxylic acid groups (broad SMARTS) is 2. The highest BCUT2D eigenvalue weighted by atomic mass is 16.5. The van der Waals surface area contributed by atoms with Gasteiger partial charge in [0.2, 0.25) is 5.88 Å². The molecular formula is C9H10N2O7. The van der Waals surface area contributed by atoms with Crippen LogP contribution in [0.15, 0.2) is 12.3 Å². The molecule has 1 aromatic heterocycles. The Labute approximate surface area is 100.0 Å². The summed E-state index contributed by atoms with van der Waals surface area (Å²) in [6.07, 6.45) is -0.747. The molecule has 0 saturated carbocycles. The van der Waals surface area contributed by atoms with E-state index in [1.165, 1.54) is 12.3 Å². The molecule has 18 heavy (non-hydrogen) atoms. The molecule has 0 radical (unpaired) electrons. The Morgan fingerprint density at radius 2 is 2.00 bits per heavy atom. The number of carbonyl (C=O) groups is 3. The summed E-state index contributed by atoms with van der Waals surface area (Å²) in [5.41, 5.74) is -2.71. The van der Waals surface area contributed by atoms with Crippen molar-refractivity contribution in [1.82, 2.24) is 10.2 Å². The van der Waals surface area contributed by atoms with Gasteiger partial charge in [-0.3, -0.25) is 14.7 Å². The van der Waals surface area contributed by atoms with Crippen molar-refractivity contribution < 1.29 is 34.4 Å². The number of aromatic amines is 1. The average Bonchev–Trinajstić information content (AvgIpc) is 2.68. The Balaban J connectivity index is 2.69. The number of rotatable bonds is 6. The van der Waals surface area contributed by atoms with Crippen molar-refractivity contribution >= 4 is 17.9 Å². The van der Waals surface area contributed by atoms with E-state index in [0.717, 1.165) is 0 Å². The minimum Gasteiger partial charge on any atom is -0.481 e. The summed E-state index contributed by atoms with van der Waals surface area (Å²) in [7, 11) is 0. The van der Waals surface area contributed by atoms with E-state index in [2.05, 4.69) is 14.9 Å². The average molecular weight is 258 g/mol. The number of carbonyl (C=O) groups excluding carboxylic acids is 1. The highest BCUT2D eigenvalue weighted by molar-refractivity contribution is 5.88. The van der Waals surface area contributed by atoms with E-state index in [4.69, 9.17) is 10.2 Å². The molecule has 0 saturated heterocycles. The Bertz CT molecular complexity index is 455. The lowest BCUT2D eigenvalue weighted by Crippen LogP contribution is -2.43. The van der Waals surface area contributed by atoms with Crippen LogP contribution in [0.25, 0.3) is 0 Å². The van der Waals surface area contributed by atoms with Crippen LogP contribution in [0.5, 0.6) is 5.88 Å².